The summed E-state index contributed by atoms with van der Waals surface area (Å²) in [6, 6.07) is 7.49. The van der Waals surface area contributed by atoms with E-state index in [2.05, 4.69) is 22.4 Å². The second-order valence-electron chi connectivity index (χ2n) is 5.20. The third kappa shape index (κ3) is 3.38. The van der Waals surface area contributed by atoms with Crippen molar-refractivity contribution in [3.05, 3.63) is 51.5 Å². The predicted octanol–water partition coefficient (Wildman–Crippen LogP) is 3.89. The van der Waals surface area contributed by atoms with Gasteiger partial charge in [0.25, 0.3) is 0 Å². The molecule has 0 spiro atoms. The van der Waals surface area contributed by atoms with Crippen LogP contribution in [0.3, 0.4) is 0 Å². The second-order valence-corrected chi connectivity index (χ2v) is 6.23. The Bertz CT molecular complexity index is 564. The standard InChI is InChI=1S/C16H21FN2S/c1-11-9-16(14(12(2)18)10-15(11)17)19(3)7-6-13-5-4-8-20-13/h4-5,8-10,12H,6-7,18H2,1-3H3. The molecule has 0 saturated heterocycles. The van der Waals surface area contributed by atoms with Crippen molar-refractivity contribution >= 4 is 17.0 Å². The molecule has 1 heterocycles. The summed E-state index contributed by atoms with van der Waals surface area (Å²) in [5.74, 6) is -0.187. The van der Waals surface area contributed by atoms with Gasteiger partial charge < -0.3 is 10.6 Å². The first kappa shape index (κ1) is 15.0. The maximum absolute atomic E-state index is 13.7. The molecule has 0 aliphatic heterocycles. The summed E-state index contributed by atoms with van der Waals surface area (Å²) in [5.41, 5.74) is 8.52. The number of likely N-dealkylation sites (N-methyl/N-ethyl adjacent to an activating group) is 1. The number of halogens is 1. The second kappa shape index (κ2) is 6.37. The van der Waals surface area contributed by atoms with Gasteiger partial charge in [-0.15, -0.1) is 11.3 Å². The molecular weight excluding hydrogens is 271 g/mol. The molecule has 0 aliphatic carbocycles. The molecule has 0 amide bonds. The minimum atomic E-state index is -0.187. The molecule has 0 bridgehead atoms. The Balaban J connectivity index is 2.19. The Morgan fingerprint density at radius 1 is 1.40 bits per heavy atom. The summed E-state index contributed by atoms with van der Waals surface area (Å²) in [6.07, 6.45) is 0.989. The number of hydrogen-bond donors (Lipinski definition) is 1. The van der Waals surface area contributed by atoms with E-state index in [1.165, 1.54) is 4.88 Å². The molecule has 2 N–H and O–H groups in total. The van der Waals surface area contributed by atoms with E-state index < -0.39 is 0 Å². The fourth-order valence-corrected chi connectivity index (χ4v) is 2.93. The third-order valence-corrected chi connectivity index (χ3v) is 4.42. The third-order valence-electron chi connectivity index (χ3n) is 3.48. The first-order chi connectivity index (χ1) is 9.49. The molecule has 0 radical (unpaired) electrons. The zero-order chi connectivity index (χ0) is 14.7. The number of hydrogen-bond acceptors (Lipinski definition) is 3. The summed E-state index contributed by atoms with van der Waals surface area (Å²) in [5, 5.41) is 2.09. The van der Waals surface area contributed by atoms with Crippen LogP contribution in [0.15, 0.2) is 29.6 Å². The summed E-state index contributed by atoms with van der Waals surface area (Å²) in [6.45, 7) is 4.57. The Hall–Kier alpha value is -1.39. The largest absolute Gasteiger partial charge is 0.374 e. The zero-order valence-electron chi connectivity index (χ0n) is 12.2. The topological polar surface area (TPSA) is 29.3 Å². The van der Waals surface area contributed by atoms with Gasteiger partial charge >= 0.3 is 0 Å². The highest BCUT2D eigenvalue weighted by Gasteiger charge is 2.14. The van der Waals surface area contributed by atoms with Gasteiger partial charge in [-0.2, -0.15) is 0 Å². The van der Waals surface area contributed by atoms with Crippen molar-refractivity contribution < 1.29 is 4.39 Å². The average molecular weight is 292 g/mol. The molecule has 20 heavy (non-hydrogen) atoms. The van der Waals surface area contributed by atoms with Crippen LogP contribution in [0.25, 0.3) is 0 Å². The van der Waals surface area contributed by atoms with Crippen molar-refractivity contribution in [2.24, 2.45) is 5.73 Å². The molecule has 1 aromatic heterocycles. The monoisotopic (exact) mass is 292 g/mol. The lowest BCUT2D eigenvalue weighted by atomic mass is 10.0. The van der Waals surface area contributed by atoms with E-state index in [1.807, 2.05) is 20.0 Å². The van der Waals surface area contributed by atoms with Gasteiger partial charge in [0.1, 0.15) is 5.82 Å². The number of nitrogens with two attached hydrogens (primary N) is 1. The predicted molar refractivity (Wildman–Crippen MR) is 85.0 cm³/mol. The van der Waals surface area contributed by atoms with Crippen molar-refractivity contribution in [2.45, 2.75) is 26.3 Å². The number of aryl methyl sites for hydroxylation is 1. The number of thiophene rings is 1. The van der Waals surface area contributed by atoms with Crippen LogP contribution in [0.5, 0.6) is 0 Å². The van der Waals surface area contributed by atoms with Crippen LogP contribution in [-0.2, 0) is 6.42 Å². The smallest absolute Gasteiger partial charge is 0.126 e. The molecule has 0 aliphatic rings. The van der Waals surface area contributed by atoms with Crippen LogP contribution in [-0.4, -0.2) is 13.6 Å². The van der Waals surface area contributed by atoms with Crippen LogP contribution in [0.2, 0.25) is 0 Å². The van der Waals surface area contributed by atoms with Crippen molar-refractivity contribution in [1.29, 1.82) is 0 Å². The normalized spacial score (nSPS) is 12.4. The minimum Gasteiger partial charge on any atom is -0.374 e. The highest BCUT2D eigenvalue weighted by molar-refractivity contribution is 7.09. The Kier molecular flexibility index (Phi) is 4.78. The van der Waals surface area contributed by atoms with E-state index in [1.54, 1.807) is 24.3 Å². The molecule has 4 heteroatoms. The van der Waals surface area contributed by atoms with Crippen LogP contribution >= 0.6 is 11.3 Å². The number of nitrogens with zero attached hydrogens (tertiary/aromatic N) is 1. The van der Waals surface area contributed by atoms with Crippen molar-refractivity contribution in [3.63, 3.8) is 0 Å². The molecule has 108 valence electrons. The van der Waals surface area contributed by atoms with Gasteiger partial charge in [0.2, 0.25) is 0 Å². The van der Waals surface area contributed by atoms with Gasteiger partial charge in [0.05, 0.1) is 0 Å². The maximum atomic E-state index is 13.7. The SMILES string of the molecule is Cc1cc(N(C)CCc2cccs2)c(C(C)N)cc1F. The molecule has 2 nitrogen and oxygen atoms in total. The van der Waals surface area contributed by atoms with Gasteiger partial charge in [-0.05, 0) is 55.0 Å². The van der Waals surface area contributed by atoms with Crippen LogP contribution in [0.4, 0.5) is 10.1 Å². The molecule has 2 aromatic rings. The Morgan fingerprint density at radius 3 is 2.75 bits per heavy atom. The number of rotatable bonds is 5. The Labute approximate surface area is 124 Å². The van der Waals surface area contributed by atoms with Crippen LogP contribution < -0.4 is 10.6 Å². The van der Waals surface area contributed by atoms with E-state index in [0.29, 0.717) is 5.56 Å². The van der Waals surface area contributed by atoms with E-state index in [9.17, 15) is 4.39 Å². The summed E-state index contributed by atoms with van der Waals surface area (Å²) < 4.78 is 13.7. The fourth-order valence-electron chi connectivity index (χ4n) is 2.23. The van der Waals surface area contributed by atoms with E-state index in [-0.39, 0.29) is 11.9 Å². The van der Waals surface area contributed by atoms with Crippen LogP contribution in [0, 0.1) is 12.7 Å². The molecule has 0 saturated carbocycles. The highest BCUT2D eigenvalue weighted by atomic mass is 32.1. The van der Waals surface area contributed by atoms with Gasteiger partial charge in [0.15, 0.2) is 0 Å². The maximum Gasteiger partial charge on any atom is 0.126 e. The summed E-state index contributed by atoms with van der Waals surface area (Å²) in [4.78, 5) is 3.52. The highest BCUT2D eigenvalue weighted by Crippen LogP contribution is 2.28. The number of anilines is 1. The van der Waals surface area contributed by atoms with E-state index in [0.717, 1.165) is 24.2 Å². The molecule has 0 fully saturated rings. The number of benzene rings is 1. The quantitative estimate of drug-likeness (QED) is 0.905. The van der Waals surface area contributed by atoms with Crippen LogP contribution in [0.1, 0.15) is 29.0 Å². The van der Waals surface area contributed by atoms with Gasteiger partial charge in [-0.3, -0.25) is 0 Å². The first-order valence-electron chi connectivity index (χ1n) is 6.78. The average Bonchev–Trinajstić information content (AvgIpc) is 2.91. The molecule has 1 aromatic carbocycles. The summed E-state index contributed by atoms with van der Waals surface area (Å²) >= 11 is 1.76. The lowest BCUT2D eigenvalue weighted by Gasteiger charge is -2.24. The lowest BCUT2D eigenvalue weighted by Crippen LogP contribution is -2.23. The fraction of sp³-hybridized carbons (Fsp3) is 0.375. The van der Waals surface area contributed by atoms with Gasteiger partial charge in [-0.1, -0.05) is 6.07 Å². The van der Waals surface area contributed by atoms with E-state index >= 15 is 0 Å². The molecule has 1 atom stereocenters. The Morgan fingerprint density at radius 2 is 2.15 bits per heavy atom. The molecule has 2 rings (SSSR count). The van der Waals surface area contributed by atoms with Crippen molar-refractivity contribution in [1.82, 2.24) is 0 Å². The van der Waals surface area contributed by atoms with Gasteiger partial charge in [0, 0.05) is 30.2 Å². The summed E-state index contributed by atoms with van der Waals surface area (Å²) in [7, 11) is 2.03. The minimum absolute atomic E-state index is 0.177. The molecule has 1 unspecified atom stereocenters. The van der Waals surface area contributed by atoms with Crippen molar-refractivity contribution in [2.75, 3.05) is 18.5 Å². The zero-order valence-corrected chi connectivity index (χ0v) is 13.0. The molecular formula is C16H21FN2S. The van der Waals surface area contributed by atoms with Crippen molar-refractivity contribution in [3.8, 4) is 0 Å². The lowest BCUT2D eigenvalue weighted by molar-refractivity contribution is 0.612. The van der Waals surface area contributed by atoms with E-state index in [4.69, 9.17) is 5.73 Å². The first-order valence-corrected chi connectivity index (χ1v) is 7.66. The van der Waals surface area contributed by atoms with Gasteiger partial charge in [-0.25, -0.2) is 4.39 Å².